The topological polar surface area (TPSA) is 68.5 Å². The molecule has 0 unspecified atom stereocenters. The van der Waals surface area contributed by atoms with E-state index in [2.05, 4.69) is 5.32 Å². The highest BCUT2D eigenvalue weighted by Crippen LogP contribution is 2.24. The van der Waals surface area contributed by atoms with Crippen LogP contribution in [-0.2, 0) is 19.1 Å². The molecule has 1 aliphatic heterocycles. The summed E-state index contributed by atoms with van der Waals surface area (Å²) in [5.41, 5.74) is 1.93. The molecule has 1 aliphatic rings. The van der Waals surface area contributed by atoms with Crippen molar-refractivity contribution in [2.45, 2.75) is 13.8 Å². The molecule has 1 amide bonds. The first kappa shape index (κ1) is 17.4. The number of hydrogen-bond donors (Lipinski definition) is 1. The fourth-order valence-corrected chi connectivity index (χ4v) is 2.46. The molecule has 1 aromatic heterocycles. The molecule has 2 heterocycles. The van der Waals surface area contributed by atoms with Gasteiger partial charge in [-0.2, -0.15) is 4.57 Å². The third kappa shape index (κ3) is 3.80. The molecule has 132 valence electrons. The van der Waals surface area contributed by atoms with Gasteiger partial charge in [0.1, 0.15) is 5.76 Å². The maximum absolute atomic E-state index is 12.5. The van der Waals surface area contributed by atoms with Gasteiger partial charge in [0.2, 0.25) is 0 Å². The van der Waals surface area contributed by atoms with E-state index >= 15 is 0 Å². The Kier molecular flexibility index (Phi) is 5.12. The van der Waals surface area contributed by atoms with Gasteiger partial charge < -0.3 is 9.47 Å². The van der Waals surface area contributed by atoms with Gasteiger partial charge in [-0.05, 0) is 13.8 Å². The molecule has 3 rings (SSSR count). The predicted molar refractivity (Wildman–Crippen MR) is 94.9 cm³/mol. The fourth-order valence-electron chi connectivity index (χ4n) is 2.46. The van der Waals surface area contributed by atoms with Crippen LogP contribution >= 0.6 is 0 Å². The molecular formula is C20H19N2O4+. The van der Waals surface area contributed by atoms with E-state index in [0.29, 0.717) is 5.76 Å². The van der Waals surface area contributed by atoms with Gasteiger partial charge in [0, 0.05) is 23.8 Å². The van der Waals surface area contributed by atoms with E-state index in [-0.39, 0.29) is 24.1 Å². The van der Waals surface area contributed by atoms with Crippen molar-refractivity contribution < 1.29 is 23.6 Å². The van der Waals surface area contributed by atoms with Gasteiger partial charge in [-0.1, -0.05) is 35.9 Å². The van der Waals surface area contributed by atoms with Crippen molar-refractivity contribution in [2.24, 2.45) is 0 Å². The number of amides is 1. The molecule has 26 heavy (non-hydrogen) atoms. The van der Waals surface area contributed by atoms with Crippen LogP contribution in [0.3, 0.4) is 0 Å². The van der Waals surface area contributed by atoms with Crippen molar-refractivity contribution in [3.05, 3.63) is 77.9 Å². The SMILES string of the molecule is CCOC(=O)C(=C1NC(=O)C=C(c2ccc(C)cc2)O1)[n+]1ccccc1. The lowest BCUT2D eigenvalue weighted by Crippen LogP contribution is -2.41. The predicted octanol–water partition coefficient (Wildman–Crippen LogP) is 2.16. The monoisotopic (exact) mass is 351 g/mol. The molecule has 1 aromatic carbocycles. The van der Waals surface area contributed by atoms with Crippen LogP contribution in [0, 0.1) is 6.92 Å². The lowest BCUT2D eigenvalue weighted by atomic mass is 10.1. The van der Waals surface area contributed by atoms with E-state index in [4.69, 9.17) is 9.47 Å². The summed E-state index contributed by atoms with van der Waals surface area (Å²) < 4.78 is 12.5. The molecule has 0 radical (unpaired) electrons. The standard InChI is InChI=1S/C20H18N2O4/c1-3-25-20(24)18(22-11-5-4-6-12-22)19-21-17(23)13-16(26-19)15-9-7-14(2)8-10-15/h4-13H,3H2,1-2H3/p+1. The van der Waals surface area contributed by atoms with Crippen LogP contribution in [0.2, 0.25) is 0 Å². The van der Waals surface area contributed by atoms with Gasteiger partial charge in [0.05, 0.1) is 6.61 Å². The number of aromatic nitrogens is 1. The van der Waals surface area contributed by atoms with Gasteiger partial charge in [-0.3, -0.25) is 10.1 Å². The van der Waals surface area contributed by atoms with Crippen molar-refractivity contribution in [1.82, 2.24) is 5.32 Å². The van der Waals surface area contributed by atoms with Crippen molar-refractivity contribution in [1.29, 1.82) is 0 Å². The maximum Gasteiger partial charge on any atom is 0.410 e. The molecule has 0 aliphatic carbocycles. The first-order valence-corrected chi connectivity index (χ1v) is 8.24. The molecule has 6 heteroatoms. The molecule has 0 atom stereocenters. The van der Waals surface area contributed by atoms with Crippen LogP contribution in [0.1, 0.15) is 18.1 Å². The van der Waals surface area contributed by atoms with Crippen molar-refractivity contribution in [3.8, 4) is 0 Å². The normalized spacial score (nSPS) is 15.5. The van der Waals surface area contributed by atoms with E-state index in [1.165, 1.54) is 6.08 Å². The van der Waals surface area contributed by atoms with Gasteiger partial charge in [-0.25, -0.2) is 4.79 Å². The number of esters is 1. The minimum Gasteiger partial charge on any atom is -0.458 e. The summed E-state index contributed by atoms with van der Waals surface area (Å²) >= 11 is 0. The number of pyridine rings is 1. The van der Waals surface area contributed by atoms with Crippen LogP contribution in [0.25, 0.3) is 11.5 Å². The van der Waals surface area contributed by atoms with Crippen LogP contribution in [0.15, 0.2) is 66.8 Å². The molecule has 0 spiro atoms. The zero-order valence-electron chi connectivity index (χ0n) is 14.6. The number of aryl methyl sites for hydroxylation is 1. The number of nitrogens with zero attached hydrogens (tertiary/aromatic N) is 1. The minimum atomic E-state index is -0.593. The molecule has 0 saturated carbocycles. The van der Waals surface area contributed by atoms with Crippen molar-refractivity contribution in [3.63, 3.8) is 0 Å². The largest absolute Gasteiger partial charge is 0.458 e. The molecule has 6 nitrogen and oxygen atoms in total. The molecular weight excluding hydrogens is 332 g/mol. The van der Waals surface area contributed by atoms with Crippen LogP contribution < -0.4 is 9.88 Å². The second-order valence-electron chi connectivity index (χ2n) is 5.65. The Morgan fingerprint density at radius 2 is 1.85 bits per heavy atom. The first-order chi connectivity index (χ1) is 12.6. The van der Waals surface area contributed by atoms with E-state index in [9.17, 15) is 9.59 Å². The van der Waals surface area contributed by atoms with E-state index < -0.39 is 5.97 Å². The number of carbonyl (C=O) groups is 2. The Hall–Kier alpha value is -3.41. The van der Waals surface area contributed by atoms with Gasteiger partial charge in [0.15, 0.2) is 12.4 Å². The van der Waals surface area contributed by atoms with Gasteiger partial charge >= 0.3 is 11.7 Å². The summed E-state index contributed by atoms with van der Waals surface area (Å²) in [7, 11) is 0. The third-order valence-corrected chi connectivity index (χ3v) is 3.70. The smallest absolute Gasteiger partial charge is 0.410 e. The average Bonchev–Trinajstić information content (AvgIpc) is 2.63. The highest BCUT2D eigenvalue weighted by Gasteiger charge is 2.32. The molecule has 0 saturated heterocycles. The summed E-state index contributed by atoms with van der Waals surface area (Å²) in [6.45, 7) is 3.90. The number of nitrogens with one attached hydrogen (secondary N) is 1. The van der Waals surface area contributed by atoms with Crippen molar-refractivity contribution >= 4 is 23.3 Å². The van der Waals surface area contributed by atoms with Gasteiger partial charge in [-0.15, -0.1) is 0 Å². The number of ether oxygens (including phenoxy) is 2. The molecule has 0 bridgehead atoms. The second kappa shape index (κ2) is 7.65. The summed E-state index contributed by atoms with van der Waals surface area (Å²) in [6, 6.07) is 12.9. The lowest BCUT2D eigenvalue weighted by Gasteiger charge is -2.18. The van der Waals surface area contributed by atoms with Crippen molar-refractivity contribution in [2.75, 3.05) is 6.61 Å². The molecule has 2 aromatic rings. The average molecular weight is 351 g/mol. The quantitative estimate of drug-likeness (QED) is 0.521. The second-order valence-corrected chi connectivity index (χ2v) is 5.65. The third-order valence-electron chi connectivity index (χ3n) is 3.70. The Morgan fingerprint density at radius 3 is 2.50 bits per heavy atom. The number of benzene rings is 1. The number of hydrogen-bond acceptors (Lipinski definition) is 4. The number of rotatable bonds is 4. The summed E-state index contributed by atoms with van der Waals surface area (Å²) in [5.74, 6) is -0.575. The van der Waals surface area contributed by atoms with E-state index in [0.717, 1.165) is 11.1 Å². The summed E-state index contributed by atoms with van der Waals surface area (Å²) in [5, 5.41) is 2.59. The molecule has 0 fully saturated rings. The van der Waals surface area contributed by atoms with E-state index in [1.54, 1.807) is 36.0 Å². The highest BCUT2D eigenvalue weighted by molar-refractivity contribution is 6.08. The van der Waals surface area contributed by atoms with Gasteiger partial charge in [0.25, 0.3) is 11.8 Å². The maximum atomic E-state index is 12.5. The zero-order chi connectivity index (χ0) is 18.5. The van der Waals surface area contributed by atoms with Crippen LogP contribution in [0.4, 0.5) is 0 Å². The summed E-state index contributed by atoms with van der Waals surface area (Å²) in [6.07, 6.45) is 4.71. The lowest BCUT2D eigenvalue weighted by molar-refractivity contribution is -0.580. The van der Waals surface area contributed by atoms with Crippen LogP contribution in [0.5, 0.6) is 0 Å². The Morgan fingerprint density at radius 1 is 1.15 bits per heavy atom. The Bertz CT molecular complexity index is 884. The fraction of sp³-hybridized carbons (Fsp3) is 0.150. The number of carbonyl (C=O) groups excluding carboxylic acids is 2. The zero-order valence-corrected chi connectivity index (χ0v) is 14.6. The molecule has 1 N–H and O–H groups in total. The highest BCUT2D eigenvalue weighted by atomic mass is 16.5. The first-order valence-electron chi connectivity index (χ1n) is 8.24. The minimum absolute atomic E-state index is 0.0303. The van der Waals surface area contributed by atoms with E-state index in [1.807, 2.05) is 37.3 Å². The summed E-state index contributed by atoms with van der Waals surface area (Å²) in [4.78, 5) is 24.7. The van der Waals surface area contributed by atoms with Crippen LogP contribution in [-0.4, -0.2) is 18.5 Å². The Labute approximate surface area is 151 Å². The Balaban J connectivity index is 2.05.